The van der Waals surface area contributed by atoms with Gasteiger partial charge in [0.2, 0.25) is 0 Å². The van der Waals surface area contributed by atoms with Crippen LogP contribution in [0.25, 0.3) is 11.0 Å². The summed E-state index contributed by atoms with van der Waals surface area (Å²) in [6, 6.07) is 9.12. The maximum Gasteiger partial charge on any atom is 0.139 e. The van der Waals surface area contributed by atoms with Gasteiger partial charge in [-0.15, -0.1) is 0 Å². The van der Waals surface area contributed by atoms with Gasteiger partial charge in [0.15, 0.2) is 0 Å². The van der Waals surface area contributed by atoms with Crippen LogP contribution in [0.4, 0.5) is 0 Å². The van der Waals surface area contributed by atoms with Crippen LogP contribution in [0, 0.1) is 13.8 Å². The van der Waals surface area contributed by atoms with E-state index in [1.807, 2.05) is 4.57 Å². The first kappa shape index (κ1) is 17.1. The van der Waals surface area contributed by atoms with E-state index >= 15 is 0 Å². The summed E-state index contributed by atoms with van der Waals surface area (Å²) in [5.74, 6) is 0.463. The van der Waals surface area contributed by atoms with E-state index in [2.05, 4.69) is 31.0 Å². The molecule has 1 atom stereocenters. The van der Waals surface area contributed by atoms with Gasteiger partial charge in [0.05, 0.1) is 28.9 Å². The van der Waals surface area contributed by atoms with Crippen LogP contribution in [-0.4, -0.2) is 27.4 Å². The third kappa shape index (κ3) is 3.66. The topological polar surface area (TPSA) is 47.3 Å². The summed E-state index contributed by atoms with van der Waals surface area (Å²) in [6.45, 7) is 4.62. The number of halogens is 2. The smallest absolute Gasteiger partial charge is 0.139 e. The summed E-state index contributed by atoms with van der Waals surface area (Å²) in [5, 5.41) is 11.3. The van der Waals surface area contributed by atoms with E-state index in [0.29, 0.717) is 22.3 Å². The molecule has 1 unspecified atom stereocenters. The molecule has 0 amide bonds. The Bertz CT molecular complexity index is 877. The molecule has 126 valence electrons. The average Bonchev–Trinajstić information content (AvgIpc) is 2.91. The first-order valence-electron chi connectivity index (χ1n) is 7.62. The van der Waals surface area contributed by atoms with E-state index in [-0.39, 0.29) is 6.61 Å². The van der Waals surface area contributed by atoms with Gasteiger partial charge in [-0.05, 0) is 49.2 Å². The van der Waals surface area contributed by atoms with Crippen LogP contribution < -0.4 is 4.74 Å². The Labute approximate surface area is 150 Å². The minimum absolute atomic E-state index is 0.116. The second-order valence-corrected chi connectivity index (χ2v) is 6.71. The van der Waals surface area contributed by atoms with Crippen molar-refractivity contribution in [2.45, 2.75) is 26.5 Å². The zero-order valence-electron chi connectivity index (χ0n) is 13.5. The van der Waals surface area contributed by atoms with Crippen LogP contribution >= 0.6 is 23.2 Å². The van der Waals surface area contributed by atoms with Crippen molar-refractivity contribution in [3.8, 4) is 5.75 Å². The molecule has 2 aromatic carbocycles. The molecule has 0 bridgehead atoms. The van der Waals surface area contributed by atoms with Gasteiger partial charge >= 0.3 is 0 Å². The number of aromatic nitrogens is 2. The van der Waals surface area contributed by atoms with Gasteiger partial charge in [-0.3, -0.25) is 0 Å². The number of hydrogen-bond donors (Lipinski definition) is 1. The number of aryl methyl sites for hydroxylation is 2. The number of aliphatic hydroxyl groups excluding tert-OH is 1. The van der Waals surface area contributed by atoms with Crippen molar-refractivity contribution in [3.63, 3.8) is 0 Å². The minimum atomic E-state index is -0.695. The number of imidazole rings is 1. The highest BCUT2D eigenvalue weighted by Gasteiger charge is 2.12. The van der Waals surface area contributed by atoms with Crippen molar-refractivity contribution < 1.29 is 9.84 Å². The van der Waals surface area contributed by atoms with Crippen molar-refractivity contribution in [2.24, 2.45) is 0 Å². The predicted molar refractivity (Wildman–Crippen MR) is 97.2 cm³/mol. The van der Waals surface area contributed by atoms with Crippen molar-refractivity contribution in [1.82, 2.24) is 9.55 Å². The molecular weight excluding hydrogens is 347 g/mol. The molecule has 0 spiro atoms. The molecule has 0 saturated carbocycles. The lowest BCUT2D eigenvalue weighted by molar-refractivity contribution is 0.0935. The number of ether oxygens (including phenoxy) is 1. The fourth-order valence-electron chi connectivity index (χ4n) is 2.51. The third-order valence-electron chi connectivity index (χ3n) is 3.97. The molecule has 1 N–H and O–H groups in total. The Kier molecular flexibility index (Phi) is 4.99. The van der Waals surface area contributed by atoms with Gasteiger partial charge in [-0.25, -0.2) is 4.98 Å². The van der Waals surface area contributed by atoms with Crippen molar-refractivity contribution in [2.75, 3.05) is 6.61 Å². The maximum atomic E-state index is 10.3. The maximum absolute atomic E-state index is 10.3. The molecule has 6 heteroatoms. The lowest BCUT2D eigenvalue weighted by Gasteiger charge is -2.15. The van der Waals surface area contributed by atoms with Crippen LogP contribution in [0.2, 0.25) is 10.0 Å². The zero-order valence-corrected chi connectivity index (χ0v) is 15.0. The zero-order chi connectivity index (χ0) is 17.3. The molecule has 3 aromatic rings. The van der Waals surface area contributed by atoms with E-state index in [1.54, 1.807) is 24.5 Å². The van der Waals surface area contributed by atoms with E-state index in [9.17, 15) is 5.11 Å². The molecule has 3 rings (SSSR count). The molecule has 0 aliphatic carbocycles. The molecule has 0 radical (unpaired) electrons. The number of benzene rings is 2. The van der Waals surface area contributed by atoms with Crippen LogP contribution in [0.15, 0.2) is 36.7 Å². The molecule has 0 fully saturated rings. The van der Waals surface area contributed by atoms with E-state index < -0.39 is 6.10 Å². The second-order valence-electron chi connectivity index (χ2n) is 5.86. The lowest BCUT2D eigenvalue weighted by atomic mass is 10.1. The van der Waals surface area contributed by atoms with Crippen molar-refractivity contribution >= 4 is 34.2 Å². The molecule has 1 aromatic heterocycles. The Morgan fingerprint density at radius 1 is 1.17 bits per heavy atom. The van der Waals surface area contributed by atoms with Crippen LogP contribution in [0.5, 0.6) is 5.75 Å². The number of nitrogens with zero attached hydrogens (tertiary/aromatic N) is 2. The Balaban J connectivity index is 1.70. The van der Waals surface area contributed by atoms with Gasteiger partial charge in [0.1, 0.15) is 18.5 Å². The highest BCUT2D eigenvalue weighted by Crippen LogP contribution is 2.28. The first-order valence-corrected chi connectivity index (χ1v) is 8.37. The number of rotatable bonds is 5. The molecule has 24 heavy (non-hydrogen) atoms. The summed E-state index contributed by atoms with van der Waals surface area (Å²) >= 11 is 12.0. The summed E-state index contributed by atoms with van der Waals surface area (Å²) in [5.41, 5.74) is 4.31. The molecule has 0 saturated heterocycles. The fraction of sp³-hybridized carbons (Fsp3) is 0.278. The van der Waals surface area contributed by atoms with Gasteiger partial charge < -0.3 is 14.4 Å². The largest absolute Gasteiger partial charge is 0.489 e. The Morgan fingerprint density at radius 2 is 1.92 bits per heavy atom. The summed E-state index contributed by atoms with van der Waals surface area (Å²) in [6.07, 6.45) is 1.04. The highest BCUT2D eigenvalue weighted by molar-refractivity contribution is 6.34. The van der Waals surface area contributed by atoms with E-state index in [1.165, 1.54) is 11.1 Å². The van der Waals surface area contributed by atoms with Crippen molar-refractivity contribution in [1.29, 1.82) is 0 Å². The molecule has 0 aliphatic rings. The van der Waals surface area contributed by atoms with E-state index in [4.69, 9.17) is 27.9 Å². The molecular formula is C18H18Cl2N2O2. The number of hydrogen-bond acceptors (Lipinski definition) is 3. The lowest BCUT2D eigenvalue weighted by Crippen LogP contribution is -2.23. The quantitative estimate of drug-likeness (QED) is 0.729. The minimum Gasteiger partial charge on any atom is -0.489 e. The van der Waals surface area contributed by atoms with Gasteiger partial charge in [0, 0.05) is 11.1 Å². The monoisotopic (exact) mass is 364 g/mol. The highest BCUT2D eigenvalue weighted by atomic mass is 35.5. The van der Waals surface area contributed by atoms with Gasteiger partial charge in [-0.2, -0.15) is 0 Å². The molecule has 4 nitrogen and oxygen atoms in total. The van der Waals surface area contributed by atoms with Crippen LogP contribution in [0.1, 0.15) is 11.1 Å². The van der Waals surface area contributed by atoms with Crippen molar-refractivity contribution in [3.05, 3.63) is 57.8 Å². The Morgan fingerprint density at radius 3 is 2.71 bits per heavy atom. The molecule has 0 aliphatic heterocycles. The predicted octanol–water partition coefficient (Wildman–Crippen LogP) is 4.40. The summed E-state index contributed by atoms with van der Waals surface area (Å²) in [4.78, 5) is 4.39. The van der Waals surface area contributed by atoms with Gasteiger partial charge in [-0.1, -0.05) is 23.2 Å². The SMILES string of the molecule is Cc1cc2ncn(CC(O)COc3cc(Cl)ccc3Cl)c2cc1C. The number of aliphatic hydroxyl groups is 1. The standard InChI is InChI=1S/C18H18Cl2N2O2/c1-11-5-16-17(6-12(11)2)22(10-21-16)8-14(23)9-24-18-7-13(19)3-4-15(18)20/h3-7,10,14,23H,8-9H2,1-2H3. The van der Waals surface area contributed by atoms with Crippen LogP contribution in [-0.2, 0) is 6.54 Å². The third-order valence-corrected chi connectivity index (χ3v) is 4.52. The Hall–Kier alpha value is -1.75. The fourth-order valence-corrected chi connectivity index (χ4v) is 2.85. The summed E-state index contributed by atoms with van der Waals surface area (Å²) < 4.78 is 7.51. The second kappa shape index (κ2) is 7.01. The summed E-state index contributed by atoms with van der Waals surface area (Å²) in [7, 11) is 0. The van der Waals surface area contributed by atoms with E-state index in [0.717, 1.165) is 11.0 Å². The normalized spacial score (nSPS) is 12.5. The first-order chi connectivity index (χ1) is 11.4. The van der Waals surface area contributed by atoms with Crippen LogP contribution in [0.3, 0.4) is 0 Å². The number of fused-ring (bicyclic) bond motifs is 1. The average molecular weight is 365 g/mol. The van der Waals surface area contributed by atoms with Gasteiger partial charge in [0.25, 0.3) is 0 Å². The molecule has 1 heterocycles.